The monoisotopic (exact) mass is 215 g/mol. The van der Waals surface area contributed by atoms with Gasteiger partial charge in [-0.3, -0.25) is 10.8 Å². The fraction of sp³-hybridized carbons (Fsp3) is 0.250. The van der Waals surface area contributed by atoms with Crippen LogP contribution in [0.1, 0.15) is 11.3 Å². The van der Waals surface area contributed by atoms with Crippen molar-refractivity contribution in [3.8, 4) is 0 Å². The number of ether oxygens (including phenoxy) is 1. The molecule has 0 saturated heterocycles. The number of nitrogens with one attached hydrogen (secondary N) is 1. The van der Waals surface area contributed by atoms with Gasteiger partial charge in [0.15, 0.2) is 0 Å². The number of pyridine rings is 1. The van der Waals surface area contributed by atoms with Gasteiger partial charge in [0, 0.05) is 17.4 Å². The molecule has 16 heavy (non-hydrogen) atoms. The third kappa shape index (κ3) is 1.35. The molecule has 2 heterocycles. The Hall–Kier alpha value is -1.65. The number of rotatable bonds is 1. The van der Waals surface area contributed by atoms with Crippen LogP contribution in [0.25, 0.3) is 10.9 Å². The molecule has 3 rings (SSSR count). The minimum absolute atomic E-state index is 0.590. The van der Waals surface area contributed by atoms with Gasteiger partial charge in [-0.15, -0.1) is 0 Å². The maximum Gasteiger partial charge on any atom is 0.0755 e. The fourth-order valence-corrected chi connectivity index (χ4v) is 2.17. The summed E-state index contributed by atoms with van der Waals surface area (Å²) in [4.78, 5) is 4.65. The summed E-state index contributed by atoms with van der Waals surface area (Å²) >= 11 is 0. The van der Waals surface area contributed by atoms with E-state index >= 15 is 0 Å². The van der Waals surface area contributed by atoms with E-state index in [9.17, 15) is 0 Å². The van der Waals surface area contributed by atoms with Crippen LogP contribution in [-0.4, -0.2) is 11.6 Å². The second-order valence-electron chi connectivity index (χ2n) is 3.88. The summed E-state index contributed by atoms with van der Waals surface area (Å²) in [5, 5.41) is 1.05. The summed E-state index contributed by atoms with van der Waals surface area (Å²) in [5.74, 6) is 5.61. The van der Waals surface area contributed by atoms with Gasteiger partial charge in [0.2, 0.25) is 0 Å². The highest BCUT2D eigenvalue weighted by Crippen LogP contribution is 2.30. The maximum absolute atomic E-state index is 5.61. The summed E-state index contributed by atoms with van der Waals surface area (Å²) in [6.45, 7) is 1.33. The molecule has 1 aromatic heterocycles. The lowest BCUT2D eigenvalue weighted by atomic mass is 10.0. The first-order chi connectivity index (χ1) is 7.90. The zero-order valence-electron chi connectivity index (χ0n) is 8.86. The van der Waals surface area contributed by atoms with Crippen molar-refractivity contribution in [1.29, 1.82) is 0 Å². The molecule has 4 nitrogen and oxygen atoms in total. The van der Waals surface area contributed by atoms with Crippen LogP contribution in [0, 0.1) is 0 Å². The summed E-state index contributed by atoms with van der Waals surface area (Å²) < 4.78 is 5.45. The summed E-state index contributed by atoms with van der Waals surface area (Å²) in [6, 6.07) is 8.00. The second-order valence-corrected chi connectivity index (χ2v) is 3.88. The van der Waals surface area contributed by atoms with E-state index < -0.39 is 0 Å². The molecule has 0 saturated carbocycles. The van der Waals surface area contributed by atoms with Gasteiger partial charge < -0.3 is 10.2 Å². The number of hydrogen-bond acceptors (Lipinski definition) is 4. The van der Waals surface area contributed by atoms with Crippen LogP contribution in [-0.2, 0) is 17.8 Å². The lowest BCUT2D eigenvalue weighted by Gasteiger charge is -2.20. The predicted octanol–water partition coefficient (Wildman–Crippen LogP) is 1.59. The molecule has 4 heteroatoms. The molecule has 82 valence electrons. The maximum atomic E-state index is 5.61. The van der Waals surface area contributed by atoms with Crippen LogP contribution in [0.3, 0.4) is 0 Å². The molecule has 1 aliphatic heterocycles. The fourth-order valence-electron chi connectivity index (χ4n) is 2.17. The molecular formula is C12H13N3O. The Bertz CT molecular complexity index is 539. The number of nitrogens with zero attached hydrogens (tertiary/aromatic N) is 1. The molecule has 0 aliphatic carbocycles. The van der Waals surface area contributed by atoms with Crippen LogP contribution in [0.15, 0.2) is 24.3 Å². The Balaban J connectivity index is 2.35. The highest BCUT2D eigenvalue weighted by molar-refractivity contribution is 5.93. The zero-order valence-corrected chi connectivity index (χ0v) is 8.86. The third-order valence-corrected chi connectivity index (χ3v) is 2.95. The number of hydrazine groups is 1. The predicted molar refractivity (Wildman–Crippen MR) is 62.9 cm³/mol. The first kappa shape index (κ1) is 9.57. The van der Waals surface area contributed by atoms with Crippen molar-refractivity contribution in [1.82, 2.24) is 4.98 Å². The van der Waals surface area contributed by atoms with Crippen LogP contribution in [0.2, 0.25) is 0 Å². The number of nitrogen functional groups attached to an aromatic ring is 1. The van der Waals surface area contributed by atoms with Crippen molar-refractivity contribution in [2.24, 2.45) is 5.84 Å². The smallest absolute Gasteiger partial charge is 0.0755 e. The first-order valence-electron chi connectivity index (χ1n) is 5.35. The molecule has 0 unspecified atom stereocenters. The standard InChI is InChI=1S/C12H13N3O/c13-15-12-8-3-1-2-4-10(8)14-11-5-6-16-7-9(11)12/h1-4H,5-7,13H2,(H,14,15). The number of fused-ring (bicyclic) bond motifs is 2. The topological polar surface area (TPSA) is 60.2 Å². The van der Waals surface area contributed by atoms with Crippen molar-refractivity contribution in [3.63, 3.8) is 0 Å². The van der Waals surface area contributed by atoms with Gasteiger partial charge in [0.1, 0.15) is 0 Å². The van der Waals surface area contributed by atoms with E-state index in [0.29, 0.717) is 6.61 Å². The van der Waals surface area contributed by atoms with Crippen molar-refractivity contribution in [2.75, 3.05) is 12.0 Å². The quantitative estimate of drug-likeness (QED) is 0.560. The van der Waals surface area contributed by atoms with E-state index in [4.69, 9.17) is 10.6 Å². The average molecular weight is 215 g/mol. The Morgan fingerprint density at radius 3 is 3.06 bits per heavy atom. The zero-order chi connectivity index (χ0) is 11.0. The minimum Gasteiger partial charge on any atom is -0.376 e. The Morgan fingerprint density at radius 2 is 2.19 bits per heavy atom. The average Bonchev–Trinajstić information content (AvgIpc) is 2.36. The molecular weight excluding hydrogens is 202 g/mol. The van der Waals surface area contributed by atoms with E-state index in [0.717, 1.165) is 40.9 Å². The SMILES string of the molecule is NNc1c2c(nc3ccccc13)CCOC2. The number of benzene rings is 1. The highest BCUT2D eigenvalue weighted by Gasteiger charge is 2.17. The number of aromatic nitrogens is 1. The highest BCUT2D eigenvalue weighted by atomic mass is 16.5. The summed E-state index contributed by atoms with van der Waals surface area (Å²) in [6.07, 6.45) is 0.856. The van der Waals surface area contributed by atoms with E-state index in [-0.39, 0.29) is 0 Å². The van der Waals surface area contributed by atoms with Gasteiger partial charge in [-0.1, -0.05) is 18.2 Å². The van der Waals surface area contributed by atoms with Crippen molar-refractivity contribution in [2.45, 2.75) is 13.0 Å². The van der Waals surface area contributed by atoms with Crippen molar-refractivity contribution < 1.29 is 4.74 Å². The van der Waals surface area contributed by atoms with Gasteiger partial charge in [-0.25, -0.2) is 0 Å². The number of para-hydroxylation sites is 1. The Labute approximate surface area is 93.4 Å². The van der Waals surface area contributed by atoms with E-state index in [1.807, 2.05) is 24.3 Å². The van der Waals surface area contributed by atoms with E-state index in [1.165, 1.54) is 0 Å². The summed E-state index contributed by atoms with van der Waals surface area (Å²) in [7, 11) is 0. The Morgan fingerprint density at radius 1 is 1.31 bits per heavy atom. The molecule has 0 atom stereocenters. The van der Waals surface area contributed by atoms with E-state index in [1.54, 1.807) is 0 Å². The second kappa shape index (κ2) is 3.73. The molecule has 0 amide bonds. The van der Waals surface area contributed by atoms with Gasteiger partial charge in [-0.05, 0) is 6.07 Å². The molecule has 0 radical (unpaired) electrons. The number of anilines is 1. The van der Waals surface area contributed by atoms with Crippen LogP contribution in [0.4, 0.5) is 5.69 Å². The first-order valence-corrected chi connectivity index (χ1v) is 5.35. The summed E-state index contributed by atoms with van der Waals surface area (Å²) in [5.41, 5.74) is 6.89. The van der Waals surface area contributed by atoms with Crippen LogP contribution in [0.5, 0.6) is 0 Å². The molecule has 2 aromatic rings. The lowest BCUT2D eigenvalue weighted by Crippen LogP contribution is -2.17. The van der Waals surface area contributed by atoms with Crippen LogP contribution >= 0.6 is 0 Å². The van der Waals surface area contributed by atoms with Crippen molar-refractivity contribution in [3.05, 3.63) is 35.5 Å². The van der Waals surface area contributed by atoms with Gasteiger partial charge in [0.05, 0.1) is 30.1 Å². The van der Waals surface area contributed by atoms with Gasteiger partial charge in [-0.2, -0.15) is 0 Å². The van der Waals surface area contributed by atoms with Crippen LogP contribution < -0.4 is 11.3 Å². The minimum atomic E-state index is 0.590. The van der Waals surface area contributed by atoms with Crippen molar-refractivity contribution >= 4 is 16.6 Å². The lowest BCUT2D eigenvalue weighted by molar-refractivity contribution is 0.110. The molecule has 0 spiro atoms. The molecule has 0 bridgehead atoms. The normalized spacial score (nSPS) is 14.8. The Kier molecular flexibility index (Phi) is 2.23. The largest absolute Gasteiger partial charge is 0.376 e. The number of nitrogens with two attached hydrogens (primary N) is 1. The number of hydrogen-bond donors (Lipinski definition) is 2. The third-order valence-electron chi connectivity index (χ3n) is 2.95. The molecule has 1 aliphatic rings. The molecule has 3 N–H and O–H groups in total. The van der Waals surface area contributed by atoms with Gasteiger partial charge in [0.25, 0.3) is 0 Å². The van der Waals surface area contributed by atoms with E-state index in [2.05, 4.69) is 10.4 Å². The van der Waals surface area contributed by atoms with Gasteiger partial charge >= 0.3 is 0 Å². The molecule has 0 fully saturated rings. The molecule has 1 aromatic carbocycles.